The van der Waals surface area contributed by atoms with Crippen LogP contribution in [0.5, 0.6) is 0 Å². The van der Waals surface area contributed by atoms with E-state index in [4.69, 9.17) is 21.6 Å². The first-order chi connectivity index (χ1) is 17.1. The van der Waals surface area contributed by atoms with Crippen molar-refractivity contribution < 1.29 is 0 Å². The monoisotopic (exact) mass is 534 g/mol. The van der Waals surface area contributed by atoms with Crippen molar-refractivity contribution in [1.82, 2.24) is 20.6 Å². The summed E-state index contributed by atoms with van der Waals surface area (Å²) < 4.78 is 0. The van der Waals surface area contributed by atoms with Gasteiger partial charge < -0.3 is 20.4 Å². The van der Waals surface area contributed by atoms with Gasteiger partial charge in [0.2, 0.25) is 5.28 Å². The van der Waals surface area contributed by atoms with E-state index in [0.717, 1.165) is 50.4 Å². The van der Waals surface area contributed by atoms with Crippen molar-refractivity contribution in [3.8, 4) is 0 Å². The molecule has 1 aromatic heterocycles. The fraction of sp³-hybridized carbons (Fsp3) is 0.867. The molecule has 2 N–H and O–H groups in total. The van der Waals surface area contributed by atoms with Gasteiger partial charge in [-0.15, -0.1) is 0 Å². The second-order valence-electron chi connectivity index (χ2n) is 14.1. The van der Waals surface area contributed by atoms with Crippen LogP contribution in [0.15, 0.2) is 6.07 Å². The van der Waals surface area contributed by atoms with Crippen LogP contribution in [0.25, 0.3) is 0 Å². The number of piperidine rings is 2. The van der Waals surface area contributed by atoms with Crippen LogP contribution in [0.4, 0.5) is 11.6 Å². The normalized spacial score (nSPS) is 23.4. The molecule has 0 saturated carbocycles. The minimum Gasteiger partial charge on any atom is -0.346 e. The molecular weight excluding hydrogens is 480 g/mol. The average Bonchev–Trinajstić information content (AvgIpc) is 2.70. The van der Waals surface area contributed by atoms with Crippen molar-refractivity contribution in [2.45, 2.75) is 155 Å². The van der Waals surface area contributed by atoms with E-state index in [9.17, 15) is 0 Å². The molecule has 3 rings (SSSR count). The van der Waals surface area contributed by atoms with Gasteiger partial charge >= 0.3 is 0 Å². The molecule has 0 unspecified atom stereocenters. The van der Waals surface area contributed by atoms with Gasteiger partial charge in [0.1, 0.15) is 11.6 Å². The fourth-order valence-electron chi connectivity index (χ4n) is 7.68. The van der Waals surface area contributed by atoms with E-state index >= 15 is 0 Å². The van der Waals surface area contributed by atoms with E-state index in [0.29, 0.717) is 17.4 Å². The number of nitrogens with one attached hydrogen (secondary N) is 2. The van der Waals surface area contributed by atoms with Crippen LogP contribution < -0.4 is 20.4 Å². The first-order valence-electron chi connectivity index (χ1n) is 14.7. The molecule has 212 valence electrons. The lowest BCUT2D eigenvalue weighted by molar-refractivity contribution is 0.193. The topological polar surface area (TPSA) is 56.3 Å². The Labute approximate surface area is 232 Å². The van der Waals surface area contributed by atoms with Crippen LogP contribution in [-0.2, 0) is 0 Å². The van der Waals surface area contributed by atoms with Crippen LogP contribution in [0.2, 0.25) is 5.28 Å². The van der Waals surface area contributed by atoms with E-state index in [1.54, 1.807) is 0 Å². The molecule has 2 fully saturated rings. The standard InChI is InChI=1S/C30H55ClN6/c1-11-13-15-32-22-18-27(3,4)36(28(5,6)19-22)24-17-25(35-26(31)34-24)37-29(7,8)20-23(21-30(37,9)10)33-16-14-12-2/h17,22-23,32-33H,11-16,18-21H2,1-10H3. The third kappa shape index (κ3) is 7.10. The third-order valence-corrected chi connectivity index (χ3v) is 8.63. The van der Waals surface area contributed by atoms with Crippen molar-refractivity contribution in [3.05, 3.63) is 11.3 Å². The van der Waals surface area contributed by atoms with Crippen LogP contribution >= 0.6 is 11.6 Å². The van der Waals surface area contributed by atoms with Gasteiger partial charge in [0.15, 0.2) is 0 Å². The molecule has 0 atom stereocenters. The highest BCUT2D eigenvalue weighted by atomic mass is 35.5. The highest BCUT2D eigenvalue weighted by Crippen LogP contribution is 2.45. The lowest BCUT2D eigenvalue weighted by Crippen LogP contribution is -2.65. The zero-order valence-corrected chi connectivity index (χ0v) is 26.2. The van der Waals surface area contributed by atoms with Crippen LogP contribution in [0.1, 0.15) is 121 Å². The van der Waals surface area contributed by atoms with Crippen LogP contribution in [-0.4, -0.2) is 57.3 Å². The molecule has 0 amide bonds. The minimum atomic E-state index is -0.0676. The Morgan fingerprint density at radius 2 is 1.03 bits per heavy atom. The number of halogens is 1. The summed E-state index contributed by atoms with van der Waals surface area (Å²) in [7, 11) is 0. The second-order valence-corrected chi connectivity index (χ2v) is 14.4. The zero-order chi connectivity index (χ0) is 27.6. The molecule has 2 aliphatic heterocycles. The molecule has 7 heteroatoms. The number of anilines is 2. The quantitative estimate of drug-likeness (QED) is 0.250. The first kappa shape index (κ1) is 30.4. The van der Waals surface area contributed by atoms with Gasteiger partial charge in [-0.3, -0.25) is 0 Å². The van der Waals surface area contributed by atoms with E-state index in [2.05, 4.69) is 95.7 Å². The largest absolute Gasteiger partial charge is 0.346 e. The Morgan fingerprint density at radius 3 is 1.32 bits per heavy atom. The maximum absolute atomic E-state index is 6.69. The summed E-state index contributed by atoms with van der Waals surface area (Å²) >= 11 is 6.69. The van der Waals surface area contributed by atoms with Crippen molar-refractivity contribution in [2.75, 3.05) is 22.9 Å². The predicted octanol–water partition coefficient (Wildman–Crippen LogP) is 6.96. The Kier molecular flexibility index (Phi) is 9.50. The third-order valence-electron chi connectivity index (χ3n) is 8.46. The molecule has 0 bridgehead atoms. The number of aromatic nitrogens is 2. The van der Waals surface area contributed by atoms with Crippen molar-refractivity contribution in [1.29, 1.82) is 0 Å². The fourth-order valence-corrected chi connectivity index (χ4v) is 7.85. The van der Waals surface area contributed by atoms with Crippen molar-refractivity contribution in [3.63, 3.8) is 0 Å². The summed E-state index contributed by atoms with van der Waals surface area (Å²) in [5.41, 5.74) is -0.271. The summed E-state index contributed by atoms with van der Waals surface area (Å²) in [6.45, 7) is 25.5. The van der Waals surface area contributed by atoms with Crippen LogP contribution in [0, 0.1) is 0 Å². The summed E-state index contributed by atoms with van der Waals surface area (Å²) in [4.78, 5) is 14.7. The van der Waals surface area contributed by atoms with Crippen molar-refractivity contribution >= 4 is 23.2 Å². The minimum absolute atomic E-state index is 0.0676. The number of unbranched alkanes of at least 4 members (excludes halogenated alkanes) is 2. The highest BCUT2D eigenvalue weighted by molar-refractivity contribution is 6.28. The summed E-state index contributed by atoms with van der Waals surface area (Å²) in [5, 5.41) is 7.98. The summed E-state index contributed by atoms with van der Waals surface area (Å²) in [6.07, 6.45) is 9.18. The smallest absolute Gasteiger partial charge is 0.226 e. The zero-order valence-electron chi connectivity index (χ0n) is 25.5. The van der Waals surface area contributed by atoms with Gasteiger partial charge in [0, 0.05) is 40.3 Å². The number of rotatable bonds is 10. The Hall–Kier alpha value is -1.11. The number of hydrogen-bond acceptors (Lipinski definition) is 6. The van der Waals surface area contributed by atoms with Gasteiger partial charge in [-0.05, 0) is 119 Å². The second kappa shape index (κ2) is 11.6. The first-order valence-corrected chi connectivity index (χ1v) is 15.1. The summed E-state index contributed by atoms with van der Waals surface area (Å²) in [6, 6.07) is 3.21. The molecule has 3 heterocycles. The van der Waals surface area contributed by atoms with E-state index in [1.807, 2.05) is 0 Å². The van der Waals surface area contributed by atoms with Gasteiger partial charge in [-0.2, -0.15) is 0 Å². The van der Waals surface area contributed by atoms with E-state index in [1.165, 1.54) is 25.7 Å². The Balaban J connectivity index is 1.92. The molecule has 37 heavy (non-hydrogen) atoms. The molecule has 1 aromatic rings. The van der Waals surface area contributed by atoms with Crippen molar-refractivity contribution in [2.24, 2.45) is 0 Å². The molecule has 0 radical (unpaired) electrons. The number of hydrogen-bond donors (Lipinski definition) is 2. The maximum Gasteiger partial charge on any atom is 0.226 e. The average molecular weight is 535 g/mol. The molecule has 6 nitrogen and oxygen atoms in total. The lowest BCUT2D eigenvalue weighted by Gasteiger charge is -2.57. The van der Waals surface area contributed by atoms with E-state index in [-0.39, 0.29) is 22.2 Å². The lowest BCUT2D eigenvalue weighted by atomic mass is 9.76. The van der Waals surface area contributed by atoms with Gasteiger partial charge in [-0.1, -0.05) is 26.7 Å². The molecule has 0 spiro atoms. The van der Waals surface area contributed by atoms with Gasteiger partial charge in [0.05, 0.1) is 0 Å². The maximum atomic E-state index is 6.69. The summed E-state index contributed by atoms with van der Waals surface area (Å²) in [5.74, 6) is 1.87. The number of nitrogens with zero attached hydrogens (tertiary/aromatic N) is 4. The predicted molar refractivity (Wildman–Crippen MR) is 160 cm³/mol. The Morgan fingerprint density at radius 1 is 0.703 bits per heavy atom. The SMILES string of the molecule is CCCCNC1CC(C)(C)N(c2cc(N3C(C)(C)CC(NCCCC)CC3(C)C)nc(Cl)n2)C(C)(C)C1. The highest BCUT2D eigenvalue weighted by Gasteiger charge is 2.48. The van der Waals surface area contributed by atoms with E-state index < -0.39 is 0 Å². The molecule has 0 aliphatic carbocycles. The van der Waals surface area contributed by atoms with Crippen LogP contribution in [0.3, 0.4) is 0 Å². The van der Waals surface area contributed by atoms with Gasteiger partial charge in [0.25, 0.3) is 0 Å². The molecule has 2 saturated heterocycles. The Bertz CT molecular complexity index is 792. The molecular formula is C30H55ClN6. The van der Waals surface area contributed by atoms with Gasteiger partial charge in [-0.25, -0.2) is 9.97 Å². The molecule has 2 aliphatic rings. The molecule has 0 aromatic carbocycles.